The molecule has 0 bridgehead atoms. The predicted octanol–water partition coefficient (Wildman–Crippen LogP) is 2.68. The normalized spacial score (nSPS) is 12.6. The minimum absolute atomic E-state index is 0.214. The molecule has 0 saturated heterocycles. The number of thiazole rings is 1. The molecule has 1 heterocycles. The molecular weight excluding hydrogens is 261 g/mol. The molecule has 0 aliphatic rings. The Labute approximate surface area is 107 Å². The van der Waals surface area contributed by atoms with Gasteiger partial charge in [0, 0.05) is 10.4 Å². The Morgan fingerprint density at radius 2 is 2.35 bits per heavy atom. The molecule has 1 atom stereocenters. The van der Waals surface area contributed by atoms with Crippen molar-refractivity contribution < 1.29 is 4.39 Å². The highest BCUT2D eigenvalue weighted by molar-refractivity contribution is 7.07. The van der Waals surface area contributed by atoms with Crippen LogP contribution in [0.3, 0.4) is 0 Å². The Kier molecular flexibility index (Phi) is 4.06. The molecule has 2 aromatic rings. The number of halogens is 2. The van der Waals surface area contributed by atoms with Crippen LogP contribution in [0.25, 0.3) is 0 Å². The first-order chi connectivity index (χ1) is 8.20. The van der Waals surface area contributed by atoms with Gasteiger partial charge in [0.1, 0.15) is 5.82 Å². The van der Waals surface area contributed by atoms with Gasteiger partial charge < -0.3 is 0 Å². The van der Waals surface area contributed by atoms with Crippen molar-refractivity contribution in [1.82, 2.24) is 10.4 Å². The van der Waals surface area contributed by atoms with E-state index in [4.69, 9.17) is 17.4 Å². The first kappa shape index (κ1) is 12.4. The van der Waals surface area contributed by atoms with Gasteiger partial charge in [-0.1, -0.05) is 11.6 Å². The molecule has 3 nitrogen and oxygen atoms in total. The second-order valence-corrected chi connectivity index (χ2v) is 4.73. The SMILES string of the molecule is NNC(Cc1cc(Cl)ccc1F)c1cscn1. The van der Waals surface area contributed by atoms with Crippen molar-refractivity contribution in [2.75, 3.05) is 0 Å². The van der Waals surface area contributed by atoms with Crippen molar-refractivity contribution in [1.29, 1.82) is 0 Å². The van der Waals surface area contributed by atoms with E-state index in [1.165, 1.54) is 23.5 Å². The maximum Gasteiger partial charge on any atom is 0.126 e. The summed E-state index contributed by atoms with van der Waals surface area (Å²) in [7, 11) is 0. The summed E-state index contributed by atoms with van der Waals surface area (Å²) >= 11 is 7.31. The fourth-order valence-electron chi connectivity index (χ4n) is 1.56. The lowest BCUT2D eigenvalue weighted by atomic mass is 10.0. The van der Waals surface area contributed by atoms with Crippen molar-refractivity contribution in [2.24, 2.45) is 5.84 Å². The summed E-state index contributed by atoms with van der Waals surface area (Å²) in [5.74, 6) is 5.17. The third kappa shape index (κ3) is 3.01. The Morgan fingerprint density at radius 1 is 1.53 bits per heavy atom. The van der Waals surface area contributed by atoms with E-state index in [1.54, 1.807) is 11.6 Å². The molecule has 1 aromatic carbocycles. The number of aromatic nitrogens is 1. The van der Waals surface area contributed by atoms with Crippen molar-refractivity contribution in [3.8, 4) is 0 Å². The predicted molar refractivity (Wildman–Crippen MR) is 67.3 cm³/mol. The lowest BCUT2D eigenvalue weighted by Gasteiger charge is -2.14. The summed E-state index contributed by atoms with van der Waals surface area (Å²) in [5, 5.41) is 2.39. The highest BCUT2D eigenvalue weighted by Crippen LogP contribution is 2.22. The van der Waals surface area contributed by atoms with Crippen LogP contribution in [0.1, 0.15) is 17.3 Å². The van der Waals surface area contributed by atoms with E-state index >= 15 is 0 Å². The summed E-state index contributed by atoms with van der Waals surface area (Å²) in [6.07, 6.45) is 0.409. The number of nitrogens with zero attached hydrogens (tertiary/aromatic N) is 1. The zero-order valence-corrected chi connectivity index (χ0v) is 10.4. The van der Waals surface area contributed by atoms with Gasteiger partial charge in [-0.05, 0) is 30.2 Å². The van der Waals surface area contributed by atoms with Gasteiger partial charge in [0.05, 0.1) is 17.2 Å². The molecule has 0 saturated carbocycles. The monoisotopic (exact) mass is 271 g/mol. The molecule has 17 heavy (non-hydrogen) atoms. The fourth-order valence-corrected chi connectivity index (χ4v) is 2.37. The third-order valence-corrected chi connectivity index (χ3v) is 3.28. The first-order valence-corrected chi connectivity index (χ1v) is 6.31. The number of nitrogens with two attached hydrogens (primary N) is 1. The molecule has 2 rings (SSSR count). The second kappa shape index (κ2) is 5.55. The number of nitrogens with one attached hydrogen (secondary N) is 1. The molecule has 0 aliphatic carbocycles. The number of rotatable bonds is 4. The van der Waals surface area contributed by atoms with Crippen LogP contribution in [0.15, 0.2) is 29.1 Å². The lowest BCUT2D eigenvalue weighted by molar-refractivity contribution is 0.521. The van der Waals surface area contributed by atoms with Crippen LogP contribution in [0, 0.1) is 5.82 Å². The smallest absolute Gasteiger partial charge is 0.126 e. The van der Waals surface area contributed by atoms with Crippen molar-refractivity contribution in [3.05, 3.63) is 51.2 Å². The maximum atomic E-state index is 13.6. The summed E-state index contributed by atoms with van der Waals surface area (Å²) in [5.41, 5.74) is 5.67. The van der Waals surface area contributed by atoms with Gasteiger partial charge in [0.15, 0.2) is 0 Å². The van der Waals surface area contributed by atoms with Gasteiger partial charge in [-0.2, -0.15) is 0 Å². The minimum atomic E-state index is -0.287. The molecule has 3 N–H and O–H groups in total. The molecule has 1 aromatic heterocycles. The summed E-state index contributed by atoms with van der Waals surface area (Å²) in [6, 6.07) is 4.27. The fraction of sp³-hybridized carbons (Fsp3) is 0.182. The lowest BCUT2D eigenvalue weighted by Crippen LogP contribution is -2.30. The number of hydrazine groups is 1. The highest BCUT2D eigenvalue weighted by Gasteiger charge is 2.15. The van der Waals surface area contributed by atoms with Crippen LogP contribution in [-0.4, -0.2) is 4.98 Å². The van der Waals surface area contributed by atoms with E-state index in [0.717, 1.165) is 5.69 Å². The Hall–Kier alpha value is -1.01. The van der Waals surface area contributed by atoms with Crippen molar-refractivity contribution in [3.63, 3.8) is 0 Å². The number of benzene rings is 1. The highest BCUT2D eigenvalue weighted by atomic mass is 35.5. The molecule has 0 radical (unpaired) electrons. The molecular formula is C11H11ClFN3S. The topological polar surface area (TPSA) is 50.9 Å². The maximum absolute atomic E-state index is 13.6. The average Bonchev–Trinajstić information content (AvgIpc) is 2.84. The Bertz CT molecular complexity index is 489. The van der Waals surface area contributed by atoms with Crippen LogP contribution in [0.4, 0.5) is 4.39 Å². The molecule has 0 amide bonds. The van der Waals surface area contributed by atoms with Crippen LogP contribution >= 0.6 is 22.9 Å². The summed E-state index contributed by atoms with van der Waals surface area (Å²) < 4.78 is 13.6. The van der Waals surface area contributed by atoms with Gasteiger partial charge in [-0.3, -0.25) is 11.3 Å². The zero-order valence-electron chi connectivity index (χ0n) is 8.86. The van der Waals surface area contributed by atoms with Gasteiger partial charge in [0.2, 0.25) is 0 Å². The standard InChI is InChI=1S/C11H11ClFN3S/c12-8-1-2-9(13)7(3-8)4-10(16-14)11-5-17-6-15-11/h1-3,5-6,10,16H,4,14H2. The largest absolute Gasteiger partial charge is 0.271 e. The van der Waals surface area contributed by atoms with Gasteiger partial charge in [0.25, 0.3) is 0 Å². The Balaban J connectivity index is 2.21. The molecule has 0 fully saturated rings. The van der Waals surface area contributed by atoms with Crippen molar-refractivity contribution in [2.45, 2.75) is 12.5 Å². The van der Waals surface area contributed by atoms with Crippen molar-refractivity contribution >= 4 is 22.9 Å². The van der Waals surface area contributed by atoms with Gasteiger partial charge >= 0.3 is 0 Å². The average molecular weight is 272 g/mol. The van der Waals surface area contributed by atoms with Crippen LogP contribution in [0.5, 0.6) is 0 Å². The van der Waals surface area contributed by atoms with Gasteiger partial charge in [-0.15, -0.1) is 11.3 Å². The van der Waals surface area contributed by atoms with E-state index in [1.807, 2.05) is 5.38 Å². The second-order valence-electron chi connectivity index (χ2n) is 3.57. The first-order valence-electron chi connectivity index (χ1n) is 4.99. The summed E-state index contributed by atoms with van der Waals surface area (Å²) in [4.78, 5) is 4.16. The van der Waals surface area contributed by atoms with E-state index in [2.05, 4.69) is 10.4 Å². The van der Waals surface area contributed by atoms with Crippen LogP contribution in [-0.2, 0) is 6.42 Å². The molecule has 0 spiro atoms. The minimum Gasteiger partial charge on any atom is -0.271 e. The van der Waals surface area contributed by atoms with E-state index in [0.29, 0.717) is 17.0 Å². The Morgan fingerprint density at radius 3 is 3.00 bits per heavy atom. The third-order valence-electron chi connectivity index (χ3n) is 2.44. The van der Waals surface area contributed by atoms with E-state index in [-0.39, 0.29) is 11.9 Å². The summed E-state index contributed by atoms with van der Waals surface area (Å²) in [6.45, 7) is 0. The van der Waals surface area contributed by atoms with Crippen LogP contribution < -0.4 is 11.3 Å². The molecule has 90 valence electrons. The zero-order chi connectivity index (χ0) is 12.3. The van der Waals surface area contributed by atoms with E-state index < -0.39 is 0 Å². The number of hydrogen-bond donors (Lipinski definition) is 2. The molecule has 6 heteroatoms. The van der Waals surface area contributed by atoms with Crippen LogP contribution in [0.2, 0.25) is 5.02 Å². The molecule has 0 aliphatic heterocycles. The molecule has 1 unspecified atom stereocenters. The van der Waals surface area contributed by atoms with Gasteiger partial charge in [-0.25, -0.2) is 9.37 Å². The quantitative estimate of drug-likeness (QED) is 0.664. The van der Waals surface area contributed by atoms with E-state index in [9.17, 15) is 4.39 Å². The number of hydrogen-bond acceptors (Lipinski definition) is 4.